The Labute approximate surface area is 378 Å². The predicted octanol–water partition coefficient (Wildman–Crippen LogP) is 9.84. The molecule has 8 fully saturated rings. The lowest BCUT2D eigenvalue weighted by atomic mass is 9.50. The van der Waals surface area contributed by atoms with Crippen molar-refractivity contribution < 1.29 is 8.85 Å². The SMILES string of the molecule is c1ccc2c(c1)C1=NC2=Nc2c3ccccc3c3n2[Si](OCC24CC5CC(CC(C5)C2)C4)(OCC24CC5CC(CC(C5)C2)C4)n2c(c4ccccc4c2=NC2=NC(=N3)c3ccccc32)=N1. The second-order valence-electron chi connectivity index (χ2n) is 22.1. The summed E-state index contributed by atoms with van der Waals surface area (Å²) in [5.41, 5.74) is 5.52. The maximum Gasteiger partial charge on any atom is 0.603 e. The second-order valence-corrected chi connectivity index (χ2v) is 24.6. The number of hydrogen-bond acceptors (Lipinski definition) is 8. The van der Waals surface area contributed by atoms with Gasteiger partial charge in [0.15, 0.2) is 23.3 Å². The number of hydrogen-bond donors (Lipinski definition) is 0. The number of nitrogens with zero attached hydrogens (tertiary/aromatic N) is 8. The number of aliphatic imine (C=N–C) groups is 4. The quantitative estimate of drug-likeness (QED) is 0.156. The Morgan fingerprint density at radius 3 is 1.09 bits per heavy atom. The van der Waals surface area contributed by atoms with Crippen molar-refractivity contribution in [2.75, 3.05) is 13.2 Å². The summed E-state index contributed by atoms with van der Waals surface area (Å²) in [6, 6.07) is 34.1. The molecule has 0 saturated heterocycles. The van der Waals surface area contributed by atoms with E-state index in [0.717, 1.165) is 102 Å². The lowest BCUT2D eigenvalue weighted by Gasteiger charge is -2.58. The third kappa shape index (κ3) is 5.12. The minimum absolute atomic E-state index is 0.0791. The zero-order chi connectivity index (χ0) is 42.2. The van der Waals surface area contributed by atoms with Crippen molar-refractivity contribution in [1.82, 2.24) is 8.47 Å². The van der Waals surface area contributed by atoms with E-state index in [1.54, 1.807) is 0 Å². The highest BCUT2D eigenvalue weighted by Crippen LogP contribution is 2.62. The molecule has 14 bridgehead atoms. The summed E-state index contributed by atoms with van der Waals surface area (Å²) in [5, 5.41) is 3.94. The average Bonchev–Trinajstić information content (AvgIpc) is 4.02. The van der Waals surface area contributed by atoms with Crippen LogP contribution in [-0.4, -0.2) is 53.9 Å². The molecule has 8 saturated carbocycles. The first-order chi connectivity index (χ1) is 32.0. The molecule has 0 atom stereocenters. The average molecular weight is 871 g/mol. The number of amidine groups is 4. The third-order valence-electron chi connectivity index (χ3n) is 17.8. The molecule has 0 N–H and O–H groups in total. The van der Waals surface area contributed by atoms with Gasteiger partial charge in [-0.2, -0.15) is 0 Å². The lowest BCUT2D eigenvalue weighted by molar-refractivity contribution is -0.0962. The zero-order valence-corrected chi connectivity index (χ0v) is 37.5. The molecule has 65 heavy (non-hydrogen) atoms. The monoisotopic (exact) mass is 870 g/mol. The van der Waals surface area contributed by atoms with Crippen molar-refractivity contribution in [3.8, 4) is 0 Å². The molecular weight excluding hydrogens is 821 g/mol. The van der Waals surface area contributed by atoms with E-state index in [0.29, 0.717) is 36.6 Å². The van der Waals surface area contributed by atoms with E-state index in [1.807, 2.05) is 0 Å². The van der Waals surface area contributed by atoms with Crippen molar-refractivity contribution in [3.63, 3.8) is 0 Å². The molecule has 18 rings (SSSR count). The summed E-state index contributed by atoms with van der Waals surface area (Å²) in [5.74, 6) is 8.69. The van der Waals surface area contributed by atoms with E-state index in [4.69, 9.17) is 38.8 Å². The Kier molecular flexibility index (Phi) is 7.22. The van der Waals surface area contributed by atoms with Gasteiger partial charge >= 0.3 is 8.88 Å². The van der Waals surface area contributed by atoms with Gasteiger partial charge in [0, 0.05) is 57.0 Å². The Morgan fingerprint density at radius 1 is 0.400 bits per heavy atom. The molecule has 6 heterocycles. The summed E-state index contributed by atoms with van der Waals surface area (Å²) in [4.78, 5) is 33.6. The fourth-order valence-electron chi connectivity index (χ4n) is 16.2. The van der Waals surface area contributed by atoms with Crippen molar-refractivity contribution >= 4 is 65.4 Å². The predicted molar refractivity (Wildman–Crippen MR) is 254 cm³/mol. The minimum Gasteiger partial charge on any atom is -0.360 e. The fraction of sp³-hybridized carbons (Fsp3) is 0.407. The van der Waals surface area contributed by atoms with Crippen LogP contribution in [0.5, 0.6) is 0 Å². The summed E-state index contributed by atoms with van der Waals surface area (Å²) >= 11 is 0. The van der Waals surface area contributed by atoms with Gasteiger partial charge in [0.1, 0.15) is 22.6 Å². The first-order valence-electron chi connectivity index (χ1n) is 24.5. The molecule has 322 valence electrons. The number of aromatic nitrogens is 2. The van der Waals surface area contributed by atoms with E-state index >= 15 is 0 Å². The summed E-state index contributed by atoms with van der Waals surface area (Å²) in [6.07, 6.45) is 15.5. The second kappa shape index (κ2) is 12.8. The molecule has 0 radical (unpaired) electrons. The van der Waals surface area contributed by atoms with Gasteiger partial charge in [-0.15, -0.1) is 0 Å². The summed E-state index contributed by atoms with van der Waals surface area (Å²) < 4.78 is 21.4. The van der Waals surface area contributed by atoms with E-state index < -0.39 is 8.88 Å². The topological polar surface area (TPSA) is 102 Å². The number of benzene rings is 4. The molecule has 12 aliphatic rings. The van der Waals surface area contributed by atoms with Crippen LogP contribution in [0.2, 0.25) is 0 Å². The Hall–Kier alpha value is -5.62. The molecule has 0 unspecified atom stereocenters. The van der Waals surface area contributed by atoms with Crippen LogP contribution in [0.1, 0.15) is 99.3 Å². The van der Waals surface area contributed by atoms with Crippen LogP contribution in [0, 0.1) is 46.3 Å². The summed E-state index contributed by atoms with van der Waals surface area (Å²) in [7, 11) is -4.19. The van der Waals surface area contributed by atoms with E-state index in [1.165, 1.54) is 77.0 Å². The lowest BCUT2D eigenvalue weighted by Crippen LogP contribution is -2.66. The Balaban J connectivity index is 1.07. The number of rotatable bonds is 6. The van der Waals surface area contributed by atoms with Crippen LogP contribution in [0.3, 0.4) is 0 Å². The minimum atomic E-state index is -4.19. The normalized spacial score (nSPS) is 33.5. The zero-order valence-electron chi connectivity index (χ0n) is 36.5. The van der Waals surface area contributed by atoms with Gasteiger partial charge in [0.2, 0.25) is 0 Å². The van der Waals surface area contributed by atoms with E-state index in [-0.39, 0.29) is 10.8 Å². The molecule has 6 aromatic rings. The highest BCUT2D eigenvalue weighted by molar-refractivity contribution is 6.66. The van der Waals surface area contributed by atoms with E-state index in [2.05, 4.69) is 106 Å². The molecule has 11 heteroatoms. The van der Waals surface area contributed by atoms with Gasteiger partial charge in [-0.3, -0.25) is 8.47 Å². The Bertz CT molecular complexity index is 3100. The highest BCUT2D eigenvalue weighted by Gasteiger charge is 2.59. The van der Waals surface area contributed by atoms with Crippen LogP contribution in [0.4, 0.5) is 11.6 Å². The Morgan fingerprint density at radius 2 is 0.723 bits per heavy atom. The standard InChI is InChI=1S/C54H50N8O2Si/c1-2-10-38-37(9-1)45-55-46(38)58-50-43-15-7-8-16-44(43)52-60-48-40-12-4-3-11-39(40)47(56-48)59-51-42-14-6-5-13-41(42)49(57-45)61(51)65(62(50)52,63-29-53-23-31-17-32(24-53)19-33(18-31)25-53)64-30-54-26-34-20-35(27-54)22-36(21-34)28-54/h1-16,31-36H,17-30H2. The van der Waals surface area contributed by atoms with Gasteiger partial charge in [0.25, 0.3) is 0 Å². The van der Waals surface area contributed by atoms with Crippen molar-refractivity contribution in [1.29, 1.82) is 0 Å². The molecule has 2 aromatic heterocycles. The van der Waals surface area contributed by atoms with Crippen LogP contribution >= 0.6 is 0 Å². The largest absolute Gasteiger partial charge is 0.603 e. The maximum absolute atomic E-state index is 8.36. The summed E-state index contributed by atoms with van der Waals surface area (Å²) in [6.45, 7) is 1.22. The van der Waals surface area contributed by atoms with Gasteiger partial charge in [-0.25, -0.2) is 30.0 Å². The first kappa shape index (κ1) is 36.6. The van der Waals surface area contributed by atoms with E-state index in [9.17, 15) is 0 Å². The molecule has 8 aliphatic carbocycles. The first-order valence-corrected chi connectivity index (χ1v) is 26.2. The van der Waals surface area contributed by atoms with Crippen LogP contribution in [0.15, 0.2) is 127 Å². The van der Waals surface area contributed by atoms with Crippen molar-refractivity contribution in [2.24, 2.45) is 76.3 Å². The molecule has 4 aliphatic heterocycles. The third-order valence-corrected chi connectivity index (χ3v) is 20.8. The molecule has 0 amide bonds. The van der Waals surface area contributed by atoms with Crippen LogP contribution < -0.4 is 11.0 Å². The highest BCUT2D eigenvalue weighted by atomic mass is 28.4. The van der Waals surface area contributed by atoms with Gasteiger partial charge in [-0.1, -0.05) is 97.1 Å². The fourth-order valence-corrected chi connectivity index (χ4v) is 19.7. The molecular formula is C54H50N8O2Si. The van der Waals surface area contributed by atoms with Crippen molar-refractivity contribution in [3.05, 3.63) is 130 Å². The van der Waals surface area contributed by atoms with Gasteiger partial charge < -0.3 is 8.85 Å². The van der Waals surface area contributed by atoms with Crippen LogP contribution in [0.25, 0.3) is 21.5 Å². The van der Waals surface area contributed by atoms with Gasteiger partial charge in [-0.05, 0) is 123 Å². The molecule has 10 nitrogen and oxygen atoms in total. The van der Waals surface area contributed by atoms with Crippen LogP contribution in [-0.2, 0) is 8.85 Å². The number of fused-ring (bicyclic) bond motifs is 14. The van der Waals surface area contributed by atoms with Gasteiger partial charge in [0.05, 0.1) is 0 Å². The van der Waals surface area contributed by atoms with Crippen molar-refractivity contribution in [2.45, 2.75) is 77.0 Å². The maximum atomic E-state index is 8.36. The molecule has 0 spiro atoms. The smallest absolute Gasteiger partial charge is 0.360 e. The molecule has 4 aromatic carbocycles.